The Morgan fingerprint density at radius 2 is 1.75 bits per heavy atom. The van der Waals surface area contributed by atoms with Crippen molar-refractivity contribution >= 4 is 11.8 Å². The van der Waals surface area contributed by atoms with Crippen LogP contribution in [-0.2, 0) is 13.2 Å². The Balaban J connectivity index is 1.42. The van der Waals surface area contributed by atoms with Crippen LogP contribution in [0.15, 0.2) is 48.8 Å². The summed E-state index contributed by atoms with van der Waals surface area (Å²) in [6, 6.07) is 12.0. The van der Waals surface area contributed by atoms with E-state index in [1.807, 2.05) is 36.0 Å². The summed E-state index contributed by atoms with van der Waals surface area (Å²) in [5.41, 5.74) is 1.77. The van der Waals surface area contributed by atoms with Gasteiger partial charge in [0.1, 0.15) is 12.4 Å². The molecular formula is C19H24N2O2S. The Morgan fingerprint density at radius 1 is 1.04 bits per heavy atom. The standard InChI is InChI=1S/C19H24N2O2S/c22-19(7-11-24-12-8-19)15-21-13-16-1-3-18(4-2-16)23-14-17-5-9-20-10-6-17/h1-6,9-10,21-22H,7-8,11-15H2. The van der Waals surface area contributed by atoms with E-state index in [2.05, 4.69) is 22.4 Å². The second-order valence-electron chi connectivity index (χ2n) is 6.23. The van der Waals surface area contributed by atoms with E-state index in [-0.39, 0.29) is 0 Å². The van der Waals surface area contributed by atoms with Crippen molar-refractivity contribution in [2.75, 3.05) is 18.1 Å². The molecule has 0 unspecified atom stereocenters. The first kappa shape index (κ1) is 17.3. The number of nitrogens with zero attached hydrogens (tertiary/aromatic N) is 1. The SMILES string of the molecule is OC1(CNCc2ccc(OCc3ccncc3)cc2)CCSCC1. The van der Waals surface area contributed by atoms with E-state index in [1.165, 1.54) is 5.56 Å². The molecule has 0 radical (unpaired) electrons. The summed E-state index contributed by atoms with van der Waals surface area (Å²) in [4.78, 5) is 4.00. The predicted molar refractivity (Wildman–Crippen MR) is 98.2 cm³/mol. The molecule has 0 bridgehead atoms. The number of benzene rings is 1. The Morgan fingerprint density at radius 3 is 2.46 bits per heavy atom. The van der Waals surface area contributed by atoms with Crippen molar-refractivity contribution in [3.63, 3.8) is 0 Å². The van der Waals surface area contributed by atoms with Gasteiger partial charge in [-0.2, -0.15) is 11.8 Å². The summed E-state index contributed by atoms with van der Waals surface area (Å²) >= 11 is 1.93. The van der Waals surface area contributed by atoms with E-state index >= 15 is 0 Å². The molecule has 0 atom stereocenters. The fourth-order valence-electron chi connectivity index (χ4n) is 2.72. The van der Waals surface area contributed by atoms with Crippen LogP contribution >= 0.6 is 11.8 Å². The summed E-state index contributed by atoms with van der Waals surface area (Å²) in [5.74, 6) is 2.97. The highest BCUT2D eigenvalue weighted by Gasteiger charge is 2.28. The van der Waals surface area contributed by atoms with Gasteiger partial charge >= 0.3 is 0 Å². The average Bonchev–Trinajstić information content (AvgIpc) is 2.62. The van der Waals surface area contributed by atoms with Gasteiger partial charge in [0, 0.05) is 25.5 Å². The lowest BCUT2D eigenvalue weighted by molar-refractivity contribution is 0.0320. The van der Waals surface area contributed by atoms with Crippen molar-refractivity contribution < 1.29 is 9.84 Å². The number of rotatable bonds is 7. The Hall–Kier alpha value is -1.56. The first-order valence-corrected chi connectivity index (χ1v) is 9.51. The number of hydrogen-bond donors (Lipinski definition) is 2. The normalized spacial score (nSPS) is 16.7. The average molecular weight is 344 g/mol. The van der Waals surface area contributed by atoms with Crippen LogP contribution < -0.4 is 10.1 Å². The van der Waals surface area contributed by atoms with Crippen molar-refractivity contribution in [1.82, 2.24) is 10.3 Å². The second-order valence-corrected chi connectivity index (χ2v) is 7.45. The Kier molecular flexibility index (Phi) is 6.12. The van der Waals surface area contributed by atoms with E-state index in [0.717, 1.165) is 42.2 Å². The number of aliphatic hydroxyl groups is 1. The van der Waals surface area contributed by atoms with Gasteiger partial charge in [0.25, 0.3) is 0 Å². The van der Waals surface area contributed by atoms with Crippen molar-refractivity contribution in [3.8, 4) is 5.75 Å². The third-order valence-corrected chi connectivity index (χ3v) is 5.27. The molecule has 1 aromatic heterocycles. The van der Waals surface area contributed by atoms with E-state index in [4.69, 9.17) is 4.74 Å². The smallest absolute Gasteiger partial charge is 0.119 e. The zero-order valence-electron chi connectivity index (χ0n) is 13.8. The maximum absolute atomic E-state index is 10.5. The largest absolute Gasteiger partial charge is 0.489 e. The van der Waals surface area contributed by atoms with Crippen LogP contribution in [0.3, 0.4) is 0 Å². The highest BCUT2D eigenvalue weighted by molar-refractivity contribution is 7.99. The fourth-order valence-corrected chi connectivity index (χ4v) is 3.97. The van der Waals surface area contributed by atoms with E-state index in [0.29, 0.717) is 13.2 Å². The molecule has 2 heterocycles. The molecule has 1 aliphatic rings. The molecule has 128 valence electrons. The quantitative estimate of drug-likeness (QED) is 0.809. The molecule has 2 aromatic rings. The van der Waals surface area contributed by atoms with Gasteiger partial charge < -0.3 is 15.2 Å². The van der Waals surface area contributed by atoms with Gasteiger partial charge in [-0.25, -0.2) is 0 Å². The van der Waals surface area contributed by atoms with E-state index in [9.17, 15) is 5.11 Å². The fraction of sp³-hybridized carbons (Fsp3) is 0.421. The number of aromatic nitrogens is 1. The van der Waals surface area contributed by atoms with Crippen LogP contribution in [0, 0.1) is 0 Å². The molecular weight excluding hydrogens is 320 g/mol. The molecule has 0 amide bonds. The lowest BCUT2D eigenvalue weighted by Crippen LogP contribution is -2.43. The first-order chi connectivity index (χ1) is 11.7. The maximum atomic E-state index is 10.5. The molecule has 1 aromatic carbocycles. The Labute approximate surface area is 147 Å². The van der Waals surface area contributed by atoms with Crippen LogP contribution in [0.4, 0.5) is 0 Å². The molecule has 5 heteroatoms. The zero-order valence-corrected chi connectivity index (χ0v) is 14.6. The summed E-state index contributed by atoms with van der Waals surface area (Å²) < 4.78 is 5.77. The lowest BCUT2D eigenvalue weighted by Gasteiger charge is -2.32. The van der Waals surface area contributed by atoms with Gasteiger partial charge in [-0.15, -0.1) is 0 Å². The molecule has 1 aliphatic heterocycles. The van der Waals surface area contributed by atoms with Crippen molar-refractivity contribution in [2.45, 2.75) is 31.6 Å². The van der Waals surface area contributed by atoms with E-state index < -0.39 is 5.60 Å². The molecule has 0 spiro atoms. The third-order valence-electron chi connectivity index (χ3n) is 4.28. The van der Waals surface area contributed by atoms with Crippen LogP contribution in [0.2, 0.25) is 0 Å². The molecule has 1 fully saturated rings. The van der Waals surface area contributed by atoms with Crippen molar-refractivity contribution in [3.05, 3.63) is 59.9 Å². The maximum Gasteiger partial charge on any atom is 0.119 e. The first-order valence-electron chi connectivity index (χ1n) is 8.35. The minimum atomic E-state index is -0.529. The summed E-state index contributed by atoms with van der Waals surface area (Å²) in [6.45, 7) is 1.97. The number of ether oxygens (including phenoxy) is 1. The van der Waals surface area contributed by atoms with E-state index in [1.54, 1.807) is 12.4 Å². The molecule has 3 rings (SSSR count). The van der Waals surface area contributed by atoms with Crippen LogP contribution in [0.5, 0.6) is 5.75 Å². The van der Waals surface area contributed by atoms with Crippen molar-refractivity contribution in [2.24, 2.45) is 0 Å². The van der Waals surface area contributed by atoms with Crippen LogP contribution in [0.25, 0.3) is 0 Å². The summed E-state index contributed by atoms with van der Waals surface area (Å²) in [7, 11) is 0. The number of thioether (sulfide) groups is 1. The monoisotopic (exact) mass is 344 g/mol. The predicted octanol–water partition coefficient (Wildman–Crippen LogP) is 3.01. The van der Waals surface area contributed by atoms with Gasteiger partial charge in [0.2, 0.25) is 0 Å². The van der Waals surface area contributed by atoms with Gasteiger partial charge in [-0.05, 0) is 59.7 Å². The summed E-state index contributed by atoms with van der Waals surface area (Å²) in [6.07, 6.45) is 5.30. The van der Waals surface area contributed by atoms with Crippen LogP contribution in [0.1, 0.15) is 24.0 Å². The molecule has 0 aliphatic carbocycles. The number of pyridine rings is 1. The molecule has 2 N–H and O–H groups in total. The topological polar surface area (TPSA) is 54.4 Å². The molecule has 0 saturated carbocycles. The minimum Gasteiger partial charge on any atom is -0.489 e. The molecule has 4 nitrogen and oxygen atoms in total. The molecule has 24 heavy (non-hydrogen) atoms. The minimum absolute atomic E-state index is 0.529. The molecule has 1 saturated heterocycles. The van der Waals surface area contributed by atoms with Crippen LogP contribution in [-0.4, -0.2) is 33.7 Å². The van der Waals surface area contributed by atoms with Gasteiger partial charge in [-0.3, -0.25) is 4.98 Å². The second kappa shape index (κ2) is 8.51. The van der Waals surface area contributed by atoms with Crippen molar-refractivity contribution in [1.29, 1.82) is 0 Å². The van der Waals surface area contributed by atoms with Gasteiger partial charge in [0.05, 0.1) is 5.60 Å². The Bertz CT molecular complexity index is 613. The zero-order chi connectivity index (χ0) is 16.7. The highest BCUT2D eigenvalue weighted by atomic mass is 32.2. The highest BCUT2D eigenvalue weighted by Crippen LogP contribution is 2.26. The van der Waals surface area contributed by atoms with Gasteiger partial charge in [-0.1, -0.05) is 12.1 Å². The lowest BCUT2D eigenvalue weighted by atomic mass is 9.97. The van der Waals surface area contributed by atoms with Gasteiger partial charge in [0.15, 0.2) is 0 Å². The third kappa shape index (κ3) is 5.23. The number of nitrogens with one attached hydrogen (secondary N) is 1. The summed E-state index contributed by atoms with van der Waals surface area (Å²) in [5, 5.41) is 13.9. The number of hydrogen-bond acceptors (Lipinski definition) is 5.